The summed E-state index contributed by atoms with van der Waals surface area (Å²) in [6.45, 7) is 2.11. The highest BCUT2D eigenvalue weighted by Gasteiger charge is 2.35. The van der Waals surface area contributed by atoms with Crippen LogP contribution in [0.4, 0.5) is 3.89 Å². The Balaban J connectivity index is 2.08. The van der Waals surface area contributed by atoms with E-state index < -0.39 is 21.9 Å². The van der Waals surface area contributed by atoms with Gasteiger partial charge in [0.05, 0.1) is 11.8 Å². The van der Waals surface area contributed by atoms with Crippen LogP contribution in [0.5, 0.6) is 0 Å². The predicted molar refractivity (Wildman–Crippen MR) is 67.4 cm³/mol. The maximum Gasteiger partial charge on any atom is 0.302 e. The van der Waals surface area contributed by atoms with Crippen LogP contribution in [0, 0.1) is 5.92 Å². The lowest BCUT2D eigenvalue weighted by Gasteiger charge is -2.24. The second kappa shape index (κ2) is 5.24. The summed E-state index contributed by atoms with van der Waals surface area (Å²) >= 11 is 0. The van der Waals surface area contributed by atoms with Gasteiger partial charge in [0.15, 0.2) is 0 Å². The molecule has 104 valence electrons. The van der Waals surface area contributed by atoms with E-state index in [9.17, 15) is 17.1 Å². The molecule has 7 heteroatoms. The summed E-state index contributed by atoms with van der Waals surface area (Å²) in [5.41, 5.74) is 0.875. The van der Waals surface area contributed by atoms with Crippen molar-refractivity contribution in [2.45, 2.75) is 19.4 Å². The monoisotopic (exact) mass is 286 g/mol. The van der Waals surface area contributed by atoms with E-state index in [0.29, 0.717) is 0 Å². The van der Waals surface area contributed by atoms with Gasteiger partial charge in [0.2, 0.25) is 5.91 Å². The van der Waals surface area contributed by atoms with Crippen LogP contribution in [0.3, 0.4) is 0 Å². The summed E-state index contributed by atoms with van der Waals surface area (Å²) in [7, 11) is -4.54. The summed E-state index contributed by atoms with van der Waals surface area (Å²) in [6, 6.07) is 3.44. The molecule has 0 aromatic carbocycles. The van der Waals surface area contributed by atoms with Crippen LogP contribution in [0.15, 0.2) is 24.5 Å². The van der Waals surface area contributed by atoms with Crippen LogP contribution in [0.2, 0.25) is 0 Å². The van der Waals surface area contributed by atoms with Crippen molar-refractivity contribution >= 4 is 16.1 Å². The SMILES string of the molecule is CC(c1cccnc1)N1CC(CS(=O)(=O)F)CC1=O. The Hall–Kier alpha value is -1.50. The summed E-state index contributed by atoms with van der Waals surface area (Å²) in [5, 5.41) is 0. The standard InChI is InChI=1S/C12H15FN2O3S/c1-9(11-3-2-4-14-6-11)15-7-10(5-12(15)16)8-19(13,17)18/h2-4,6,9-10H,5,7-8H2,1H3. The first-order chi connectivity index (χ1) is 8.87. The van der Waals surface area contributed by atoms with Crippen LogP contribution < -0.4 is 0 Å². The summed E-state index contributed by atoms with van der Waals surface area (Å²) in [6.07, 6.45) is 3.38. The minimum atomic E-state index is -4.54. The number of rotatable bonds is 4. The van der Waals surface area contributed by atoms with Gasteiger partial charge in [-0.3, -0.25) is 9.78 Å². The molecule has 19 heavy (non-hydrogen) atoms. The van der Waals surface area contributed by atoms with Gasteiger partial charge in [-0.05, 0) is 18.6 Å². The average Bonchev–Trinajstić information content (AvgIpc) is 2.68. The molecule has 0 aliphatic carbocycles. The third-order valence-electron chi connectivity index (χ3n) is 3.31. The molecule has 0 saturated carbocycles. The molecule has 2 atom stereocenters. The maximum atomic E-state index is 12.7. The van der Waals surface area contributed by atoms with Crippen molar-refractivity contribution in [3.8, 4) is 0 Å². The zero-order chi connectivity index (χ0) is 14.0. The lowest BCUT2D eigenvalue weighted by molar-refractivity contribution is -0.129. The molecule has 1 aromatic heterocycles. The van der Waals surface area contributed by atoms with E-state index in [1.54, 1.807) is 23.4 Å². The summed E-state index contributed by atoms with van der Waals surface area (Å²) in [5.74, 6) is -1.21. The van der Waals surface area contributed by atoms with Gasteiger partial charge in [0.1, 0.15) is 0 Å². The van der Waals surface area contributed by atoms with Crippen LogP contribution in [-0.2, 0) is 15.0 Å². The van der Waals surface area contributed by atoms with Crippen molar-refractivity contribution < 1.29 is 17.1 Å². The fourth-order valence-electron chi connectivity index (χ4n) is 2.38. The lowest BCUT2D eigenvalue weighted by atomic mass is 10.1. The number of carbonyl (C=O) groups excluding carboxylic acids is 1. The number of nitrogens with zero attached hydrogens (tertiary/aromatic N) is 2. The first kappa shape index (κ1) is 13.9. The number of hydrogen-bond acceptors (Lipinski definition) is 4. The fourth-order valence-corrected chi connectivity index (χ4v) is 3.17. The molecule has 1 aliphatic heterocycles. The molecule has 2 heterocycles. The van der Waals surface area contributed by atoms with E-state index in [1.165, 1.54) is 0 Å². The topological polar surface area (TPSA) is 67.3 Å². The van der Waals surface area contributed by atoms with Crippen LogP contribution >= 0.6 is 0 Å². The highest BCUT2D eigenvalue weighted by Crippen LogP contribution is 2.28. The van der Waals surface area contributed by atoms with Gasteiger partial charge in [-0.25, -0.2) is 0 Å². The first-order valence-electron chi connectivity index (χ1n) is 5.98. The van der Waals surface area contributed by atoms with E-state index in [1.807, 2.05) is 13.0 Å². The summed E-state index contributed by atoms with van der Waals surface area (Å²) < 4.78 is 33.9. The van der Waals surface area contributed by atoms with Crippen LogP contribution in [0.25, 0.3) is 0 Å². The Labute approximate surface area is 111 Å². The molecule has 1 saturated heterocycles. The molecular weight excluding hydrogens is 271 g/mol. The third kappa shape index (κ3) is 3.50. The molecule has 1 aromatic rings. The molecule has 2 rings (SSSR count). The first-order valence-corrected chi connectivity index (χ1v) is 7.54. The van der Waals surface area contributed by atoms with Crippen LogP contribution in [0.1, 0.15) is 24.9 Å². The number of hydrogen-bond donors (Lipinski definition) is 0. The minimum Gasteiger partial charge on any atom is -0.336 e. The highest BCUT2D eigenvalue weighted by atomic mass is 32.3. The number of halogens is 1. The van der Waals surface area contributed by atoms with Gasteiger partial charge in [0.25, 0.3) is 0 Å². The minimum absolute atomic E-state index is 0.0771. The van der Waals surface area contributed by atoms with E-state index in [-0.39, 0.29) is 24.9 Å². The normalized spacial score (nSPS) is 21.7. The van der Waals surface area contributed by atoms with Gasteiger partial charge in [-0.2, -0.15) is 8.42 Å². The fraction of sp³-hybridized carbons (Fsp3) is 0.500. The molecule has 5 nitrogen and oxygen atoms in total. The smallest absolute Gasteiger partial charge is 0.302 e. The Bertz CT molecular complexity index is 562. The molecular formula is C12H15FN2O3S. The molecule has 1 fully saturated rings. The molecule has 2 unspecified atom stereocenters. The summed E-state index contributed by atoms with van der Waals surface area (Å²) in [4.78, 5) is 17.4. The van der Waals surface area contributed by atoms with E-state index in [2.05, 4.69) is 4.98 Å². The van der Waals surface area contributed by atoms with Crippen molar-refractivity contribution in [2.75, 3.05) is 12.3 Å². The zero-order valence-corrected chi connectivity index (χ0v) is 11.3. The van der Waals surface area contributed by atoms with Crippen LogP contribution in [-0.4, -0.2) is 36.5 Å². The number of likely N-dealkylation sites (tertiary alicyclic amines) is 1. The van der Waals surface area contributed by atoms with Gasteiger partial charge >= 0.3 is 10.2 Å². The number of carbonyl (C=O) groups is 1. The predicted octanol–water partition coefficient (Wildman–Crippen LogP) is 1.29. The van der Waals surface area contributed by atoms with Crippen molar-refractivity contribution in [1.82, 2.24) is 9.88 Å². The Morgan fingerprint density at radius 3 is 2.89 bits per heavy atom. The van der Waals surface area contributed by atoms with Gasteiger partial charge in [0, 0.05) is 31.3 Å². The van der Waals surface area contributed by atoms with Crippen molar-refractivity contribution in [1.29, 1.82) is 0 Å². The van der Waals surface area contributed by atoms with Crippen molar-refractivity contribution in [3.05, 3.63) is 30.1 Å². The van der Waals surface area contributed by atoms with Crippen molar-refractivity contribution in [3.63, 3.8) is 0 Å². The molecule has 1 amide bonds. The van der Waals surface area contributed by atoms with Gasteiger partial charge < -0.3 is 4.90 Å². The van der Waals surface area contributed by atoms with E-state index in [0.717, 1.165) is 5.56 Å². The molecule has 1 aliphatic rings. The largest absolute Gasteiger partial charge is 0.336 e. The quantitative estimate of drug-likeness (QED) is 0.782. The Morgan fingerprint density at radius 1 is 1.58 bits per heavy atom. The molecule has 0 bridgehead atoms. The van der Waals surface area contributed by atoms with E-state index in [4.69, 9.17) is 0 Å². The second-order valence-corrected chi connectivity index (χ2v) is 6.20. The molecule has 0 radical (unpaired) electrons. The van der Waals surface area contributed by atoms with E-state index >= 15 is 0 Å². The zero-order valence-electron chi connectivity index (χ0n) is 10.5. The average molecular weight is 286 g/mol. The number of aromatic nitrogens is 1. The third-order valence-corrected chi connectivity index (χ3v) is 4.18. The number of pyridine rings is 1. The Morgan fingerprint density at radius 2 is 2.32 bits per heavy atom. The van der Waals surface area contributed by atoms with Crippen molar-refractivity contribution in [2.24, 2.45) is 5.92 Å². The highest BCUT2D eigenvalue weighted by molar-refractivity contribution is 7.86. The van der Waals surface area contributed by atoms with Gasteiger partial charge in [-0.1, -0.05) is 6.07 Å². The lowest BCUT2D eigenvalue weighted by Crippen LogP contribution is -2.29. The molecule has 0 N–H and O–H groups in total. The maximum absolute atomic E-state index is 12.7. The van der Waals surface area contributed by atoms with Gasteiger partial charge in [-0.15, -0.1) is 3.89 Å². The second-order valence-electron chi connectivity index (χ2n) is 4.78. The number of amides is 1. The molecule has 0 spiro atoms. The Kier molecular flexibility index (Phi) is 3.84.